The van der Waals surface area contributed by atoms with Crippen molar-refractivity contribution in [3.63, 3.8) is 0 Å². The Morgan fingerprint density at radius 3 is 2.59 bits per heavy atom. The molecule has 1 aromatic rings. The molecule has 0 radical (unpaired) electrons. The molecule has 0 aromatic carbocycles. The van der Waals surface area contributed by atoms with Crippen LogP contribution in [-0.4, -0.2) is 55.1 Å². The molecule has 1 aromatic heterocycles. The highest BCUT2D eigenvalue weighted by Crippen LogP contribution is 2.18. The van der Waals surface area contributed by atoms with Gasteiger partial charge in [-0.25, -0.2) is 4.98 Å². The lowest BCUT2D eigenvalue weighted by Gasteiger charge is -2.33. The fourth-order valence-electron chi connectivity index (χ4n) is 3.27. The molecule has 0 atom stereocenters. The molecule has 1 aliphatic heterocycles. The number of carbonyl (C=O) groups excluding carboxylic acids is 1. The van der Waals surface area contributed by atoms with Crippen molar-refractivity contribution in [3.8, 4) is 0 Å². The highest BCUT2D eigenvalue weighted by Gasteiger charge is 2.19. The van der Waals surface area contributed by atoms with Crippen molar-refractivity contribution in [2.24, 2.45) is 0 Å². The first kappa shape index (κ1) is 15.3. The van der Waals surface area contributed by atoms with Crippen molar-refractivity contribution in [2.75, 3.05) is 38.1 Å². The summed E-state index contributed by atoms with van der Waals surface area (Å²) in [5.74, 6) is 0.896. The molecule has 22 heavy (non-hydrogen) atoms. The van der Waals surface area contributed by atoms with Crippen LogP contribution in [0.2, 0.25) is 0 Å². The van der Waals surface area contributed by atoms with Gasteiger partial charge in [0.05, 0.1) is 0 Å². The van der Waals surface area contributed by atoms with Gasteiger partial charge in [-0.1, -0.05) is 25.3 Å². The van der Waals surface area contributed by atoms with Crippen LogP contribution in [0.25, 0.3) is 0 Å². The van der Waals surface area contributed by atoms with Crippen molar-refractivity contribution in [3.05, 3.63) is 23.9 Å². The second-order valence-corrected chi connectivity index (χ2v) is 6.48. The summed E-state index contributed by atoms with van der Waals surface area (Å²) in [4.78, 5) is 21.6. The van der Waals surface area contributed by atoms with E-state index >= 15 is 0 Å². The summed E-state index contributed by atoms with van der Waals surface area (Å²) >= 11 is 0. The Morgan fingerprint density at radius 1 is 1.14 bits per heavy atom. The lowest BCUT2D eigenvalue weighted by atomic mass is 9.95. The molecule has 2 heterocycles. The molecule has 5 heteroatoms. The fourth-order valence-corrected chi connectivity index (χ4v) is 3.27. The molecule has 1 saturated carbocycles. The van der Waals surface area contributed by atoms with Gasteiger partial charge in [0.1, 0.15) is 11.5 Å². The molecule has 1 N–H and O–H groups in total. The van der Waals surface area contributed by atoms with E-state index in [2.05, 4.69) is 27.1 Å². The number of anilines is 1. The number of carbonyl (C=O) groups is 1. The van der Waals surface area contributed by atoms with Crippen LogP contribution in [0.5, 0.6) is 0 Å². The Bertz CT molecular complexity index is 505. The lowest BCUT2D eigenvalue weighted by molar-refractivity contribution is 0.0922. The third-order valence-electron chi connectivity index (χ3n) is 4.73. The Balaban J connectivity index is 1.63. The zero-order valence-electron chi connectivity index (χ0n) is 13.4. The predicted octanol–water partition coefficient (Wildman–Crippen LogP) is 1.90. The molecule has 5 nitrogen and oxygen atoms in total. The van der Waals surface area contributed by atoms with E-state index in [0.717, 1.165) is 44.8 Å². The SMILES string of the molecule is CN1CCN(c2cccc(C(=O)NC3CCCCC3)n2)CC1. The Morgan fingerprint density at radius 2 is 1.86 bits per heavy atom. The number of rotatable bonds is 3. The number of pyridine rings is 1. The van der Waals surface area contributed by atoms with E-state index in [1.807, 2.05) is 18.2 Å². The van der Waals surface area contributed by atoms with Gasteiger partial charge in [-0.2, -0.15) is 0 Å². The standard InChI is InChI=1S/C17H26N4O/c1-20-10-12-21(13-11-20)16-9-5-8-15(19-16)17(22)18-14-6-3-2-4-7-14/h5,8-9,14H,2-4,6-7,10-13H2,1H3,(H,18,22). The topological polar surface area (TPSA) is 48.5 Å². The maximum atomic E-state index is 12.4. The molecule has 1 aliphatic carbocycles. The molecule has 2 aliphatic rings. The maximum absolute atomic E-state index is 12.4. The summed E-state index contributed by atoms with van der Waals surface area (Å²) in [6.07, 6.45) is 5.94. The fraction of sp³-hybridized carbons (Fsp3) is 0.647. The Labute approximate surface area is 132 Å². The molecule has 0 unspecified atom stereocenters. The number of likely N-dealkylation sites (N-methyl/N-ethyl adjacent to an activating group) is 1. The molecule has 2 fully saturated rings. The minimum Gasteiger partial charge on any atom is -0.354 e. The number of amides is 1. The van der Waals surface area contributed by atoms with Crippen LogP contribution in [0.15, 0.2) is 18.2 Å². The second-order valence-electron chi connectivity index (χ2n) is 6.48. The van der Waals surface area contributed by atoms with Crippen LogP contribution >= 0.6 is 0 Å². The monoisotopic (exact) mass is 302 g/mol. The van der Waals surface area contributed by atoms with Crippen LogP contribution < -0.4 is 10.2 Å². The summed E-state index contributed by atoms with van der Waals surface area (Å²) in [6, 6.07) is 6.09. The van der Waals surface area contributed by atoms with Crippen LogP contribution in [0, 0.1) is 0 Å². The number of piperazine rings is 1. The molecule has 3 rings (SSSR count). The normalized spacial score (nSPS) is 20.9. The van der Waals surface area contributed by atoms with Gasteiger partial charge in [0.2, 0.25) is 0 Å². The minimum absolute atomic E-state index is 0.0251. The second kappa shape index (κ2) is 7.09. The van der Waals surface area contributed by atoms with E-state index in [0.29, 0.717) is 11.7 Å². The number of hydrogen-bond acceptors (Lipinski definition) is 4. The van der Waals surface area contributed by atoms with Gasteiger partial charge in [-0.05, 0) is 32.0 Å². The average Bonchev–Trinajstić information content (AvgIpc) is 2.56. The Hall–Kier alpha value is -1.62. The van der Waals surface area contributed by atoms with Crippen LogP contribution in [0.1, 0.15) is 42.6 Å². The van der Waals surface area contributed by atoms with Gasteiger partial charge >= 0.3 is 0 Å². The smallest absolute Gasteiger partial charge is 0.270 e. The van der Waals surface area contributed by atoms with E-state index in [1.54, 1.807) is 0 Å². The summed E-state index contributed by atoms with van der Waals surface area (Å²) in [7, 11) is 2.14. The number of aromatic nitrogens is 1. The van der Waals surface area contributed by atoms with Gasteiger partial charge in [0, 0.05) is 32.2 Å². The molecular weight excluding hydrogens is 276 g/mol. The molecule has 1 saturated heterocycles. The predicted molar refractivity (Wildman–Crippen MR) is 88.3 cm³/mol. The molecule has 1 amide bonds. The minimum atomic E-state index is -0.0251. The lowest BCUT2D eigenvalue weighted by Crippen LogP contribution is -2.45. The highest BCUT2D eigenvalue weighted by atomic mass is 16.1. The van der Waals surface area contributed by atoms with Crippen LogP contribution in [0.3, 0.4) is 0 Å². The summed E-state index contributed by atoms with van der Waals surface area (Å²) < 4.78 is 0. The number of nitrogens with zero attached hydrogens (tertiary/aromatic N) is 3. The first-order valence-electron chi connectivity index (χ1n) is 8.44. The van der Waals surface area contributed by atoms with Gasteiger partial charge < -0.3 is 15.1 Å². The molecular formula is C17H26N4O. The maximum Gasteiger partial charge on any atom is 0.270 e. The zero-order chi connectivity index (χ0) is 15.4. The first-order valence-corrected chi connectivity index (χ1v) is 8.44. The quantitative estimate of drug-likeness (QED) is 0.926. The zero-order valence-corrected chi connectivity index (χ0v) is 13.4. The van der Waals surface area contributed by atoms with Gasteiger partial charge in [-0.3, -0.25) is 4.79 Å². The van der Waals surface area contributed by atoms with Gasteiger partial charge in [-0.15, -0.1) is 0 Å². The van der Waals surface area contributed by atoms with Crippen LogP contribution in [0.4, 0.5) is 5.82 Å². The molecule has 120 valence electrons. The first-order chi connectivity index (χ1) is 10.7. The third kappa shape index (κ3) is 3.77. The third-order valence-corrected chi connectivity index (χ3v) is 4.73. The van der Waals surface area contributed by atoms with E-state index in [1.165, 1.54) is 19.3 Å². The van der Waals surface area contributed by atoms with E-state index in [9.17, 15) is 4.79 Å². The van der Waals surface area contributed by atoms with E-state index < -0.39 is 0 Å². The van der Waals surface area contributed by atoms with Gasteiger partial charge in [0.15, 0.2) is 0 Å². The Kier molecular flexibility index (Phi) is 4.93. The van der Waals surface area contributed by atoms with Gasteiger partial charge in [0.25, 0.3) is 5.91 Å². The van der Waals surface area contributed by atoms with Crippen LogP contribution in [-0.2, 0) is 0 Å². The molecule has 0 spiro atoms. The molecule has 0 bridgehead atoms. The van der Waals surface area contributed by atoms with Crippen molar-refractivity contribution in [2.45, 2.75) is 38.1 Å². The van der Waals surface area contributed by atoms with Crippen molar-refractivity contribution < 1.29 is 4.79 Å². The van der Waals surface area contributed by atoms with Crippen molar-refractivity contribution in [1.29, 1.82) is 0 Å². The summed E-state index contributed by atoms with van der Waals surface area (Å²) in [5.41, 5.74) is 0.544. The summed E-state index contributed by atoms with van der Waals surface area (Å²) in [5, 5.41) is 3.14. The number of nitrogens with one attached hydrogen (secondary N) is 1. The summed E-state index contributed by atoms with van der Waals surface area (Å²) in [6.45, 7) is 4.02. The highest BCUT2D eigenvalue weighted by molar-refractivity contribution is 5.92. The van der Waals surface area contributed by atoms with E-state index in [-0.39, 0.29) is 5.91 Å². The largest absolute Gasteiger partial charge is 0.354 e. The van der Waals surface area contributed by atoms with E-state index in [4.69, 9.17) is 0 Å². The van der Waals surface area contributed by atoms with Crippen molar-refractivity contribution in [1.82, 2.24) is 15.2 Å². The van der Waals surface area contributed by atoms with Crippen molar-refractivity contribution >= 4 is 11.7 Å². The number of hydrogen-bond donors (Lipinski definition) is 1. The average molecular weight is 302 g/mol.